The molecular weight excluding hydrogens is 263 g/mol. The Labute approximate surface area is 110 Å². The van der Waals surface area contributed by atoms with E-state index in [4.69, 9.17) is 23.2 Å². The van der Waals surface area contributed by atoms with E-state index < -0.39 is 0 Å². The minimum atomic E-state index is -0.107. The molecular formula is C10H14Cl2N4O. The molecule has 94 valence electrons. The average Bonchev–Trinajstić information content (AvgIpc) is 2.31. The largest absolute Gasteiger partial charge is 0.358 e. The third-order valence-electron chi connectivity index (χ3n) is 2.10. The summed E-state index contributed by atoms with van der Waals surface area (Å²) in [6.07, 6.45) is 2.30. The van der Waals surface area contributed by atoms with E-state index in [1.54, 1.807) is 11.9 Å². The molecule has 1 N–H and O–H groups in total. The maximum atomic E-state index is 11.4. The predicted octanol–water partition coefficient (Wildman–Crippen LogP) is 1.75. The molecule has 0 saturated carbocycles. The molecule has 17 heavy (non-hydrogen) atoms. The van der Waals surface area contributed by atoms with Gasteiger partial charge in [0.15, 0.2) is 5.82 Å². The summed E-state index contributed by atoms with van der Waals surface area (Å²) in [6, 6.07) is 0. The second-order valence-electron chi connectivity index (χ2n) is 3.41. The van der Waals surface area contributed by atoms with Crippen molar-refractivity contribution in [2.24, 2.45) is 0 Å². The molecule has 0 aromatic carbocycles. The maximum Gasteiger partial charge on any atom is 0.239 e. The van der Waals surface area contributed by atoms with Gasteiger partial charge in [-0.2, -0.15) is 4.98 Å². The van der Waals surface area contributed by atoms with E-state index in [2.05, 4.69) is 15.3 Å². The van der Waals surface area contributed by atoms with Gasteiger partial charge in [-0.1, -0.05) is 18.5 Å². The normalized spacial score (nSPS) is 10.1. The molecule has 7 heteroatoms. The van der Waals surface area contributed by atoms with Crippen LogP contribution in [-0.2, 0) is 4.79 Å². The van der Waals surface area contributed by atoms with Crippen molar-refractivity contribution >= 4 is 34.9 Å². The summed E-state index contributed by atoms with van der Waals surface area (Å²) in [6.45, 7) is 2.87. The summed E-state index contributed by atoms with van der Waals surface area (Å²) < 4.78 is 0. The molecule has 1 heterocycles. The van der Waals surface area contributed by atoms with Crippen molar-refractivity contribution in [3.63, 3.8) is 0 Å². The quantitative estimate of drug-likeness (QED) is 0.833. The Balaban J connectivity index is 2.95. The van der Waals surface area contributed by atoms with Crippen LogP contribution in [0.2, 0.25) is 10.3 Å². The van der Waals surface area contributed by atoms with Crippen LogP contribution in [0.3, 0.4) is 0 Å². The molecule has 0 unspecified atom stereocenters. The van der Waals surface area contributed by atoms with Gasteiger partial charge >= 0.3 is 0 Å². The number of carbonyl (C=O) groups is 1. The molecule has 0 saturated heterocycles. The molecule has 0 aliphatic rings. The molecule has 0 aliphatic carbocycles. The number of anilines is 1. The molecule has 5 nitrogen and oxygen atoms in total. The van der Waals surface area contributed by atoms with E-state index in [0.29, 0.717) is 17.4 Å². The molecule has 1 amide bonds. The Morgan fingerprint density at radius 3 is 2.82 bits per heavy atom. The molecule has 0 bridgehead atoms. The lowest BCUT2D eigenvalue weighted by molar-refractivity contribution is -0.119. The fourth-order valence-corrected chi connectivity index (χ4v) is 1.68. The van der Waals surface area contributed by atoms with Crippen molar-refractivity contribution in [3.8, 4) is 0 Å². The molecule has 0 spiro atoms. The SMILES string of the molecule is CCCN(CC(=O)NC)c1nc(Cl)ncc1Cl. The fourth-order valence-electron chi connectivity index (χ4n) is 1.34. The molecule has 1 aromatic rings. The van der Waals surface area contributed by atoms with Gasteiger partial charge in [0, 0.05) is 13.6 Å². The number of nitrogens with one attached hydrogen (secondary N) is 1. The summed E-state index contributed by atoms with van der Waals surface area (Å²) in [4.78, 5) is 21.0. The van der Waals surface area contributed by atoms with E-state index >= 15 is 0 Å². The minimum Gasteiger partial charge on any atom is -0.358 e. The van der Waals surface area contributed by atoms with Crippen LogP contribution in [0.4, 0.5) is 5.82 Å². The van der Waals surface area contributed by atoms with Crippen molar-refractivity contribution in [2.45, 2.75) is 13.3 Å². The first-order valence-corrected chi connectivity index (χ1v) is 5.97. The van der Waals surface area contributed by atoms with Crippen LogP contribution in [0.5, 0.6) is 0 Å². The minimum absolute atomic E-state index is 0.107. The van der Waals surface area contributed by atoms with Crippen molar-refractivity contribution in [1.82, 2.24) is 15.3 Å². The summed E-state index contributed by atoms with van der Waals surface area (Å²) >= 11 is 11.7. The lowest BCUT2D eigenvalue weighted by Gasteiger charge is -2.22. The van der Waals surface area contributed by atoms with Crippen molar-refractivity contribution < 1.29 is 4.79 Å². The number of likely N-dealkylation sites (N-methyl/N-ethyl adjacent to an activating group) is 1. The number of aromatic nitrogens is 2. The van der Waals surface area contributed by atoms with Crippen LogP contribution in [0.1, 0.15) is 13.3 Å². The Morgan fingerprint density at radius 1 is 1.53 bits per heavy atom. The van der Waals surface area contributed by atoms with Gasteiger partial charge in [0.25, 0.3) is 0 Å². The number of hydrogen-bond acceptors (Lipinski definition) is 4. The van der Waals surface area contributed by atoms with Gasteiger partial charge in [-0.3, -0.25) is 4.79 Å². The molecule has 1 rings (SSSR count). The van der Waals surface area contributed by atoms with E-state index in [1.165, 1.54) is 6.20 Å². The highest BCUT2D eigenvalue weighted by Crippen LogP contribution is 2.23. The van der Waals surface area contributed by atoms with Gasteiger partial charge in [0.1, 0.15) is 5.02 Å². The monoisotopic (exact) mass is 276 g/mol. The summed E-state index contributed by atoms with van der Waals surface area (Å²) in [5.74, 6) is 0.376. The first-order chi connectivity index (χ1) is 8.08. The Hall–Kier alpha value is -1.07. The number of carbonyl (C=O) groups excluding carboxylic acids is 1. The van der Waals surface area contributed by atoms with E-state index in [-0.39, 0.29) is 17.7 Å². The van der Waals surface area contributed by atoms with Gasteiger partial charge in [-0.25, -0.2) is 4.98 Å². The highest BCUT2D eigenvalue weighted by molar-refractivity contribution is 6.33. The lowest BCUT2D eigenvalue weighted by Crippen LogP contribution is -2.36. The lowest BCUT2D eigenvalue weighted by atomic mass is 10.3. The highest BCUT2D eigenvalue weighted by Gasteiger charge is 2.15. The zero-order valence-electron chi connectivity index (χ0n) is 9.70. The topological polar surface area (TPSA) is 58.1 Å². The van der Waals surface area contributed by atoms with Gasteiger partial charge in [-0.05, 0) is 18.0 Å². The molecule has 1 aromatic heterocycles. The van der Waals surface area contributed by atoms with Crippen LogP contribution < -0.4 is 10.2 Å². The van der Waals surface area contributed by atoms with Crippen molar-refractivity contribution in [2.75, 3.05) is 25.0 Å². The third kappa shape index (κ3) is 4.02. The molecule has 0 aliphatic heterocycles. The van der Waals surface area contributed by atoms with Crippen LogP contribution in [0, 0.1) is 0 Å². The Morgan fingerprint density at radius 2 is 2.24 bits per heavy atom. The van der Waals surface area contributed by atoms with E-state index in [1.807, 2.05) is 6.92 Å². The Kier molecular flexibility index (Phi) is 5.44. The van der Waals surface area contributed by atoms with Gasteiger partial charge < -0.3 is 10.2 Å². The van der Waals surface area contributed by atoms with Crippen molar-refractivity contribution in [1.29, 1.82) is 0 Å². The zero-order valence-corrected chi connectivity index (χ0v) is 11.2. The second-order valence-corrected chi connectivity index (χ2v) is 4.15. The van der Waals surface area contributed by atoms with Crippen LogP contribution in [0.25, 0.3) is 0 Å². The standard InChI is InChI=1S/C10H14Cl2N4O/c1-3-4-16(6-8(17)13-2)9-7(11)5-14-10(12)15-9/h5H,3-4,6H2,1-2H3,(H,13,17). The number of halogens is 2. The van der Waals surface area contributed by atoms with Gasteiger partial charge in [-0.15, -0.1) is 0 Å². The number of amides is 1. The number of rotatable bonds is 5. The number of nitrogens with zero attached hydrogens (tertiary/aromatic N) is 3. The highest BCUT2D eigenvalue weighted by atomic mass is 35.5. The second kappa shape index (κ2) is 6.61. The molecule has 0 fully saturated rings. The first-order valence-electron chi connectivity index (χ1n) is 5.22. The third-order valence-corrected chi connectivity index (χ3v) is 2.55. The van der Waals surface area contributed by atoms with E-state index in [9.17, 15) is 4.79 Å². The van der Waals surface area contributed by atoms with Gasteiger partial charge in [0.05, 0.1) is 12.7 Å². The zero-order chi connectivity index (χ0) is 12.8. The van der Waals surface area contributed by atoms with Crippen LogP contribution in [0.15, 0.2) is 6.20 Å². The summed E-state index contributed by atoms with van der Waals surface area (Å²) in [5.41, 5.74) is 0. The summed E-state index contributed by atoms with van der Waals surface area (Å²) in [5, 5.41) is 3.05. The van der Waals surface area contributed by atoms with E-state index in [0.717, 1.165) is 6.42 Å². The maximum absolute atomic E-state index is 11.4. The average molecular weight is 277 g/mol. The van der Waals surface area contributed by atoms with Crippen LogP contribution >= 0.6 is 23.2 Å². The summed E-state index contributed by atoms with van der Waals surface area (Å²) in [7, 11) is 1.58. The number of hydrogen-bond donors (Lipinski definition) is 1. The first kappa shape index (κ1) is 14.0. The van der Waals surface area contributed by atoms with Gasteiger partial charge in [0.2, 0.25) is 11.2 Å². The fraction of sp³-hybridized carbons (Fsp3) is 0.500. The van der Waals surface area contributed by atoms with Crippen LogP contribution in [-0.4, -0.2) is 36.0 Å². The molecule has 0 radical (unpaired) electrons. The molecule has 0 atom stereocenters. The smallest absolute Gasteiger partial charge is 0.239 e. The van der Waals surface area contributed by atoms with Crippen molar-refractivity contribution in [3.05, 3.63) is 16.5 Å². The predicted molar refractivity (Wildman–Crippen MR) is 68.6 cm³/mol. The Bertz CT molecular complexity index is 400.